The van der Waals surface area contributed by atoms with Gasteiger partial charge in [0.1, 0.15) is 5.15 Å². The lowest BCUT2D eigenvalue weighted by Gasteiger charge is -2.16. The number of carbonyl (C=O) groups is 2. The number of hydrogen-bond donors (Lipinski definition) is 1. The van der Waals surface area contributed by atoms with Crippen molar-refractivity contribution in [3.05, 3.63) is 21.9 Å². The lowest BCUT2D eigenvalue weighted by atomic mass is 10.2. The fourth-order valence-corrected chi connectivity index (χ4v) is 2.55. The monoisotopic (exact) mass is 301 g/mol. The van der Waals surface area contributed by atoms with Gasteiger partial charge in [0, 0.05) is 13.0 Å². The summed E-state index contributed by atoms with van der Waals surface area (Å²) in [5.74, 6) is -0.281. The van der Waals surface area contributed by atoms with E-state index < -0.39 is 0 Å². The van der Waals surface area contributed by atoms with Crippen molar-refractivity contribution in [1.82, 2.24) is 9.88 Å². The van der Waals surface area contributed by atoms with Crippen LogP contribution in [0.2, 0.25) is 10.3 Å². The standard InChI is InChI=1S/C12H13Cl2N3O2/c1-7-5-8(13)15-12(14)11(7)16-9(18)6-17-4-2-3-10(17)19/h5H,2-4,6H2,1H3,(H,16,18). The summed E-state index contributed by atoms with van der Waals surface area (Å²) in [6.07, 6.45) is 1.31. The number of amides is 2. The summed E-state index contributed by atoms with van der Waals surface area (Å²) in [4.78, 5) is 28.7. The van der Waals surface area contributed by atoms with Crippen molar-refractivity contribution < 1.29 is 9.59 Å². The van der Waals surface area contributed by atoms with Crippen LogP contribution in [0, 0.1) is 6.92 Å². The summed E-state index contributed by atoms with van der Waals surface area (Å²) in [7, 11) is 0. The van der Waals surface area contributed by atoms with Crippen molar-refractivity contribution in [3.8, 4) is 0 Å². The largest absolute Gasteiger partial charge is 0.333 e. The minimum Gasteiger partial charge on any atom is -0.333 e. The molecule has 0 aromatic carbocycles. The Hall–Kier alpha value is -1.33. The third-order valence-electron chi connectivity index (χ3n) is 2.91. The van der Waals surface area contributed by atoms with Gasteiger partial charge in [-0.3, -0.25) is 9.59 Å². The van der Waals surface area contributed by atoms with Crippen LogP contribution in [-0.2, 0) is 9.59 Å². The molecule has 1 aromatic rings. The molecule has 1 fully saturated rings. The molecular formula is C12H13Cl2N3O2. The maximum Gasteiger partial charge on any atom is 0.244 e. The van der Waals surface area contributed by atoms with Crippen LogP contribution >= 0.6 is 23.2 Å². The highest BCUT2D eigenvalue weighted by Crippen LogP contribution is 2.26. The number of aromatic nitrogens is 1. The van der Waals surface area contributed by atoms with Crippen LogP contribution in [0.4, 0.5) is 5.69 Å². The Balaban J connectivity index is 2.05. The number of nitrogens with zero attached hydrogens (tertiary/aromatic N) is 2. The Bertz CT molecular complexity index is 511. The van der Waals surface area contributed by atoms with E-state index in [1.54, 1.807) is 13.0 Å². The van der Waals surface area contributed by atoms with E-state index in [9.17, 15) is 9.59 Å². The van der Waals surface area contributed by atoms with E-state index in [1.165, 1.54) is 4.90 Å². The molecule has 102 valence electrons. The van der Waals surface area contributed by atoms with E-state index in [2.05, 4.69) is 10.3 Å². The highest BCUT2D eigenvalue weighted by Gasteiger charge is 2.23. The van der Waals surface area contributed by atoms with Gasteiger partial charge in [0.15, 0.2) is 5.15 Å². The average molecular weight is 302 g/mol. The molecule has 1 aliphatic rings. The van der Waals surface area contributed by atoms with Gasteiger partial charge < -0.3 is 10.2 Å². The van der Waals surface area contributed by atoms with Crippen LogP contribution in [0.1, 0.15) is 18.4 Å². The molecule has 19 heavy (non-hydrogen) atoms. The Morgan fingerprint density at radius 3 is 2.84 bits per heavy atom. The molecule has 5 nitrogen and oxygen atoms in total. The summed E-state index contributed by atoms with van der Waals surface area (Å²) >= 11 is 11.7. The van der Waals surface area contributed by atoms with E-state index >= 15 is 0 Å². The second kappa shape index (κ2) is 5.75. The number of aryl methyl sites for hydroxylation is 1. The Morgan fingerprint density at radius 1 is 1.53 bits per heavy atom. The van der Waals surface area contributed by atoms with E-state index in [0.29, 0.717) is 18.7 Å². The minimum absolute atomic E-state index is 0.00667. The molecule has 0 atom stereocenters. The molecule has 7 heteroatoms. The molecule has 0 bridgehead atoms. The van der Waals surface area contributed by atoms with Gasteiger partial charge in [-0.2, -0.15) is 0 Å². The fourth-order valence-electron chi connectivity index (χ4n) is 1.97. The zero-order valence-electron chi connectivity index (χ0n) is 10.4. The molecule has 2 rings (SSSR count). The number of halogens is 2. The molecule has 0 unspecified atom stereocenters. The van der Waals surface area contributed by atoms with Crippen molar-refractivity contribution in [2.24, 2.45) is 0 Å². The Morgan fingerprint density at radius 2 is 2.26 bits per heavy atom. The van der Waals surface area contributed by atoms with Gasteiger partial charge in [0.05, 0.1) is 12.2 Å². The number of pyridine rings is 1. The predicted octanol–water partition coefficient (Wildman–Crippen LogP) is 2.26. The van der Waals surface area contributed by atoms with Gasteiger partial charge in [-0.15, -0.1) is 0 Å². The number of hydrogen-bond acceptors (Lipinski definition) is 3. The van der Waals surface area contributed by atoms with E-state index in [-0.39, 0.29) is 28.7 Å². The zero-order chi connectivity index (χ0) is 14.0. The molecule has 1 N–H and O–H groups in total. The molecule has 2 heterocycles. The van der Waals surface area contributed by atoms with Gasteiger partial charge in [-0.05, 0) is 25.0 Å². The van der Waals surface area contributed by atoms with Crippen molar-refractivity contribution in [2.45, 2.75) is 19.8 Å². The van der Waals surface area contributed by atoms with Crippen LogP contribution in [0.25, 0.3) is 0 Å². The quantitative estimate of drug-likeness (QED) is 0.871. The number of likely N-dealkylation sites (tertiary alicyclic amines) is 1. The van der Waals surface area contributed by atoms with Crippen LogP contribution < -0.4 is 5.32 Å². The summed E-state index contributed by atoms with van der Waals surface area (Å²) in [6.45, 7) is 2.44. The molecule has 1 saturated heterocycles. The smallest absolute Gasteiger partial charge is 0.244 e. The first-order valence-electron chi connectivity index (χ1n) is 5.87. The highest BCUT2D eigenvalue weighted by atomic mass is 35.5. The lowest BCUT2D eigenvalue weighted by Crippen LogP contribution is -2.34. The van der Waals surface area contributed by atoms with Crippen molar-refractivity contribution in [2.75, 3.05) is 18.4 Å². The number of nitrogens with one attached hydrogen (secondary N) is 1. The van der Waals surface area contributed by atoms with Crippen LogP contribution in [0.3, 0.4) is 0 Å². The normalized spacial score (nSPS) is 14.9. The summed E-state index contributed by atoms with van der Waals surface area (Å²) < 4.78 is 0. The summed E-state index contributed by atoms with van der Waals surface area (Å²) in [6, 6.07) is 1.62. The first-order chi connectivity index (χ1) is 8.97. The molecule has 0 radical (unpaired) electrons. The molecule has 2 amide bonds. The average Bonchev–Trinajstić information content (AvgIpc) is 2.69. The predicted molar refractivity (Wildman–Crippen MR) is 73.4 cm³/mol. The number of rotatable bonds is 3. The van der Waals surface area contributed by atoms with E-state index in [1.807, 2.05) is 0 Å². The van der Waals surface area contributed by atoms with Gasteiger partial charge in [0.2, 0.25) is 11.8 Å². The maximum atomic E-state index is 11.9. The second-order valence-electron chi connectivity index (χ2n) is 4.39. The van der Waals surface area contributed by atoms with Crippen LogP contribution in [-0.4, -0.2) is 34.8 Å². The number of anilines is 1. The fraction of sp³-hybridized carbons (Fsp3) is 0.417. The molecule has 0 spiro atoms. The third kappa shape index (κ3) is 3.36. The first kappa shape index (κ1) is 14.1. The van der Waals surface area contributed by atoms with Gasteiger partial charge in [-0.25, -0.2) is 4.98 Å². The summed E-state index contributed by atoms with van der Waals surface area (Å²) in [5, 5.41) is 3.09. The third-order valence-corrected chi connectivity index (χ3v) is 3.38. The lowest BCUT2D eigenvalue weighted by molar-refractivity contribution is -0.131. The minimum atomic E-state index is -0.288. The van der Waals surface area contributed by atoms with Crippen LogP contribution in [0.15, 0.2) is 6.07 Å². The zero-order valence-corrected chi connectivity index (χ0v) is 11.9. The second-order valence-corrected chi connectivity index (χ2v) is 5.14. The highest BCUT2D eigenvalue weighted by molar-refractivity contribution is 6.34. The van der Waals surface area contributed by atoms with E-state index in [0.717, 1.165) is 12.0 Å². The molecule has 1 aliphatic heterocycles. The topological polar surface area (TPSA) is 62.3 Å². The van der Waals surface area contributed by atoms with E-state index in [4.69, 9.17) is 23.2 Å². The summed E-state index contributed by atoms with van der Waals surface area (Å²) in [5.41, 5.74) is 1.16. The molecule has 0 aliphatic carbocycles. The molecule has 0 saturated carbocycles. The molecule has 1 aromatic heterocycles. The van der Waals surface area contributed by atoms with Gasteiger partial charge in [-0.1, -0.05) is 23.2 Å². The van der Waals surface area contributed by atoms with Crippen molar-refractivity contribution in [1.29, 1.82) is 0 Å². The van der Waals surface area contributed by atoms with Crippen molar-refractivity contribution >= 4 is 40.7 Å². The van der Waals surface area contributed by atoms with Gasteiger partial charge >= 0.3 is 0 Å². The Kier molecular flexibility index (Phi) is 4.27. The molecular weight excluding hydrogens is 289 g/mol. The van der Waals surface area contributed by atoms with Crippen molar-refractivity contribution in [3.63, 3.8) is 0 Å². The van der Waals surface area contributed by atoms with Gasteiger partial charge in [0.25, 0.3) is 0 Å². The SMILES string of the molecule is Cc1cc(Cl)nc(Cl)c1NC(=O)CN1CCCC1=O. The van der Waals surface area contributed by atoms with Crippen LogP contribution in [0.5, 0.6) is 0 Å². The number of carbonyl (C=O) groups excluding carboxylic acids is 2. The maximum absolute atomic E-state index is 11.9. The first-order valence-corrected chi connectivity index (χ1v) is 6.63. The Labute approximate surface area is 120 Å².